The van der Waals surface area contributed by atoms with Crippen molar-refractivity contribution < 1.29 is 13.2 Å². The Balaban J connectivity index is 1.11. The van der Waals surface area contributed by atoms with Gasteiger partial charge in [0, 0.05) is 61.8 Å². The molecule has 0 aliphatic carbocycles. The van der Waals surface area contributed by atoms with Crippen molar-refractivity contribution in [3.05, 3.63) is 53.3 Å². The number of likely N-dealkylation sites (tertiary alicyclic amines) is 1. The number of benzene rings is 1. The summed E-state index contributed by atoms with van der Waals surface area (Å²) in [5.74, 6) is 0.762. The van der Waals surface area contributed by atoms with Gasteiger partial charge in [0.05, 0.1) is 11.8 Å². The molecule has 2 saturated heterocycles. The van der Waals surface area contributed by atoms with E-state index in [1.54, 1.807) is 6.07 Å². The van der Waals surface area contributed by atoms with Crippen LogP contribution in [0.1, 0.15) is 10.4 Å². The lowest BCUT2D eigenvalue weighted by Crippen LogP contribution is -2.72. The second kappa shape index (κ2) is 6.92. The lowest BCUT2D eigenvalue weighted by atomic mass is 9.72. The first kappa shape index (κ1) is 20.0. The molecule has 9 heteroatoms. The summed E-state index contributed by atoms with van der Waals surface area (Å²) in [6.45, 7) is 4.78. The number of aromatic nitrogens is 3. The van der Waals surface area contributed by atoms with Crippen LogP contribution in [0.4, 0.5) is 19.0 Å². The first-order valence-electron chi connectivity index (χ1n) is 10.6. The summed E-state index contributed by atoms with van der Waals surface area (Å²) < 4.78 is 40.5. The molecule has 6 rings (SSSR count). The third-order valence-electron chi connectivity index (χ3n) is 6.56. The minimum Gasteiger partial charge on any atom is -0.355 e. The highest BCUT2D eigenvalue weighted by Gasteiger charge is 2.52. The number of nitrogens with zero attached hydrogens (tertiary/aromatic N) is 5. The Kier molecular flexibility index (Phi) is 4.32. The second-order valence-electron chi connectivity index (χ2n) is 9.24. The highest BCUT2D eigenvalue weighted by atomic mass is 32.1. The molecule has 5 nitrogen and oxygen atoms in total. The Bertz CT molecular complexity index is 1310. The molecule has 0 saturated carbocycles. The molecule has 0 N–H and O–H groups in total. The topological polar surface area (TPSA) is 37.2 Å². The quantitative estimate of drug-likeness (QED) is 0.449. The van der Waals surface area contributed by atoms with Gasteiger partial charge >= 0.3 is 6.18 Å². The van der Waals surface area contributed by atoms with Gasteiger partial charge in [0.15, 0.2) is 0 Å². The predicted molar refractivity (Wildman–Crippen MR) is 120 cm³/mol. The zero-order chi connectivity index (χ0) is 22.1. The average Bonchev–Trinajstić information content (AvgIpc) is 3.24. The van der Waals surface area contributed by atoms with Gasteiger partial charge in [-0.3, -0.25) is 4.90 Å². The number of alkyl halides is 3. The summed E-state index contributed by atoms with van der Waals surface area (Å²) in [7, 11) is 2.07. The van der Waals surface area contributed by atoms with Crippen molar-refractivity contribution in [2.24, 2.45) is 12.5 Å². The van der Waals surface area contributed by atoms with Gasteiger partial charge in [0.25, 0.3) is 0 Å². The molecule has 1 spiro atoms. The molecule has 166 valence electrons. The summed E-state index contributed by atoms with van der Waals surface area (Å²) in [5, 5.41) is 1.99. The van der Waals surface area contributed by atoms with Crippen molar-refractivity contribution in [1.29, 1.82) is 0 Å². The highest BCUT2D eigenvalue weighted by molar-refractivity contribution is 7.18. The van der Waals surface area contributed by atoms with Gasteiger partial charge in [-0.15, -0.1) is 11.3 Å². The van der Waals surface area contributed by atoms with E-state index in [0.717, 1.165) is 55.3 Å². The summed E-state index contributed by atoms with van der Waals surface area (Å²) >= 11 is 1.11. The van der Waals surface area contributed by atoms with Crippen LogP contribution in [0, 0.1) is 5.41 Å². The van der Waals surface area contributed by atoms with Crippen LogP contribution >= 0.6 is 11.3 Å². The maximum absolute atomic E-state index is 12.8. The molecule has 0 amide bonds. The number of hydrogen-bond donors (Lipinski definition) is 0. The van der Waals surface area contributed by atoms with Crippen LogP contribution in [0.25, 0.3) is 21.1 Å². The molecule has 0 unspecified atom stereocenters. The first-order chi connectivity index (χ1) is 15.3. The second-order valence-corrected chi connectivity index (χ2v) is 10.4. The van der Waals surface area contributed by atoms with E-state index in [-0.39, 0.29) is 10.3 Å². The first-order valence-corrected chi connectivity index (χ1v) is 11.4. The summed E-state index contributed by atoms with van der Waals surface area (Å²) in [6, 6.07) is 10.4. The highest BCUT2D eigenvalue weighted by Crippen LogP contribution is 2.44. The van der Waals surface area contributed by atoms with Gasteiger partial charge in [-0.05, 0) is 29.1 Å². The molecule has 2 fully saturated rings. The molecule has 0 bridgehead atoms. The van der Waals surface area contributed by atoms with E-state index in [0.29, 0.717) is 4.83 Å². The zero-order valence-electron chi connectivity index (χ0n) is 17.6. The van der Waals surface area contributed by atoms with E-state index in [1.807, 2.05) is 0 Å². The molecule has 3 aromatic heterocycles. The minimum atomic E-state index is -4.21. The number of halogens is 3. The number of fused-ring (bicyclic) bond motifs is 2. The van der Waals surface area contributed by atoms with Gasteiger partial charge in [-0.25, -0.2) is 9.97 Å². The molecule has 1 aromatic carbocycles. The molecule has 2 aliphatic rings. The molecule has 4 aromatic rings. The van der Waals surface area contributed by atoms with E-state index in [1.165, 1.54) is 22.8 Å². The SMILES string of the molecule is Cn1ccc2ccc(CN3CC4(C3)CN(c3ncnc5sc(CC(F)(F)F)cc35)C4)cc21. The van der Waals surface area contributed by atoms with Crippen molar-refractivity contribution in [2.75, 3.05) is 31.1 Å². The van der Waals surface area contributed by atoms with Crippen LogP contribution in [-0.4, -0.2) is 51.8 Å². The van der Waals surface area contributed by atoms with Gasteiger partial charge in [0.2, 0.25) is 0 Å². The number of hydrogen-bond acceptors (Lipinski definition) is 5. The summed E-state index contributed by atoms with van der Waals surface area (Å²) in [6.07, 6.45) is -1.58. The third-order valence-corrected chi connectivity index (χ3v) is 7.61. The van der Waals surface area contributed by atoms with E-state index in [9.17, 15) is 13.2 Å². The maximum Gasteiger partial charge on any atom is 0.393 e. The Morgan fingerprint density at radius 2 is 1.88 bits per heavy atom. The fourth-order valence-electron chi connectivity index (χ4n) is 5.22. The summed E-state index contributed by atoms with van der Waals surface area (Å²) in [4.78, 5) is 14.2. The molecule has 0 atom stereocenters. The number of thiophene rings is 1. The van der Waals surface area contributed by atoms with E-state index >= 15 is 0 Å². The van der Waals surface area contributed by atoms with Crippen LogP contribution in [0.3, 0.4) is 0 Å². The molecule has 5 heterocycles. The maximum atomic E-state index is 12.8. The van der Waals surface area contributed by atoms with Crippen molar-refractivity contribution in [1.82, 2.24) is 19.4 Å². The molecular weight excluding hydrogens is 435 g/mol. The normalized spacial score (nSPS) is 18.4. The molecular formula is C23H22F3N5S. The lowest BCUT2D eigenvalue weighted by Gasteiger charge is -2.60. The zero-order valence-corrected chi connectivity index (χ0v) is 18.4. The number of rotatable bonds is 4. The lowest BCUT2D eigenvalue weighted by molar-refractivity contribution is -0.126. The van der Waals surface area contributed by atoms with Crippen molar-refractivity contribution in [3.8, 4) is 0 Å². The van der Waals surface area contributed by atoms with Crippen LogP contribution in [-0.2, 0) is 20.0 Å². The van der Waals surface area contributed by atoms with Gasteiger partial charge in [-0.2, -0.15) is 13.2 Å². The van der Waals surface area contributed by atoms with E-state index in [2.05, 4.69) is 61.8 Å². The fourth-order valence-corrected chi connectivity index (χ4v) is 6.24. The smallest absolute Gasteiger partial charge is 0.355 e. The van der Waals surface area contributed by atoms with Crippen LogP contribution in [0.5, 0.6) is 0 Å². The van der Waals surface area contributed by atoms with Gasteiger partial charge < -0.3 is 9.47 Å². The minimum absolute atomic E-state index is 0.261. The molecule has 0 radical (unpaired) electrons. The van der Waals surface area contributed by atoms with Crippen molar-refractivity contribution in [2.45, 2.75) is 19.1 Å². The number of aryl methyl sites for hydroxylation is 1. The van der Waals surface area contributed by atoms with Gasteiger partial charge in [0.1, 0.15) is 17.0 Å². The van der Waals surface area contributed by atoms with Crippen molar-refractivity contribution >= 4 is 38.3 Å². The predicted octanol–water partition coefficient (Wildman–Crippen LogP) is 4.61. The van der Waals surface area contributed by atoms with Crippen LogP contribution < -0.4 is 4.90 Å². The standard InChI is InChI=1S/C23H22F3N5S/c1-29-5-4-16-3-2-15(6-19(16)29)9-30-10-22(11-30)12-31(13-22)20-18-7-17(8-23(24,25)26)32-21(18)28-14-27-20/h2-7,14H,8-13H2,1H3. The van der Waals surface area contributed by atoms with Crippen LogP contribution in [0.15, 0.2) is 42.9 Å². The molecule has 32 heavy (non-hydrogen) atoms. The largest absolute Gasteiger partial charge is 0.393 e. The fraction of sp³-hybridized carbons (Fsp3) is 0.391. The Morgan fingerprint density at radius 1 is 1.06 bits per heavy atom. The Hall–Kier alpha value is -2.65. The van der Waals surface area contributed by atoms with E-state index < -0.39 is 12.6 Å². The monoisotopic (exact) mass is 457 g/mol. The average molecular weight is 458 g/mol. The number of anilines is 1. The van der Waals surface area contributed by atoms with Crippen LogP contribution in [0.2, 0.25) is 0 Å². The van der Waals surface area contributed by atoms with Crippen molar-refractivity contribution in [3.63, 3.8) is 0 Å². The third kappa shape index (κ3) is 3.44. The summed E-state index contributed by atoms with van der Waals surface area (Å²) in [5.41, 5.74) is 2.83. The molecule has 2 aliphatic heterocycles. The van der Waals surface area contributed by atoms with E-state index in [4.69, 9.17) is 0 Å². The Morgan fingerprint density at radius 3 is 2.66 bits per heavy atom. The van der Waals surface area contributed by atoms with Gasteiger partial charge in [-0.1, -0.05) is 12.1 Å². The Labute approximate surface area is 187 Å².